The number of aliphatic hydroxyl groups is 1. The number of benzene rings is 1. The smallest absolute Gasteiger partial charge is 0.407 e. The van der Waals surface area contributed by atoms with E-state index in [1.807, 2.05) is 4.90 Å². The van der Waals surface area contributed by atoms with Crippen LogP contribution in [0.3, 0.4) is 0 Å². The first-order valence-corrected chi connectivity index (χ1v) is 17.0. The zero-order chi connectivity index (χ0) is 32.7. The number of halogens is 3. The van der Waals surface area contributed by atoms with Gasteiger partial charge >= 0.3 is 12.1 Å². The van der Waals surface area contributed by atoms with Crippen LogP contribution in [0.15, 0.2) is 18.5 Å². The Labute approximate surface area is 279 Å². The molecule has 3 N–H and O–H groups in total. The maximum absolute atomic E-state index is 17.2. The van der Waals surface area contributed by atoms with Crippen molar-refractivity contribution in [3.05, 3.63) is 34.9 Å². The number of nitrogens with zero attached hydrogens (tertiary/aromatic N) is 6. The van der Waals surface area contributed by atoms with E-state index < -0.39 is 29.7 Å². The van der Waals surface area contributed by atoms with Gasteiger partial charge in [-0.25, -0.2) is 13.6 Å². The summed E-state index contributed by atoms with van der Waals surface area (Å²) >= 11 is 6.90. The second-order valence-corrected chi connectivity index (χ2v) is 14.4. The molecule has 6 atom stereocenters. The number of anilines is 1. The van der Waals surface area contributed by atoms with Crippen molar-refractivity contribution in [2.75, 3.05) is 50.9 Å². The summed E-state index contributed by atoms with van der Waals surface area (Å²) in [4.78, 5) is 31.0. The molecule has 3 aromatic heterocycles. The molecular formula is C33H35ClF2N8O4. The first-order valence-electron chi connectivity index (χ1n) is 16.6. The predicted molar refractivity (Wildman–Crippen MR) is 172 cm³/mol. The topological polar surface area (TPSA) is 142 Å². The Morgan fingerprint density at radius 1 is 1.21 bits per heavy atom. The number of nitrogens with one attached hydrogen (secondary N) is 2. The standard InChI is InChI=1S/C33H35ClF2N8O4/c34-22-7-23-20(10-38-42-23)26-25(22)19-6-16(19)2-5-47-32(46)39-24-13-43(11-17(24)14-45)30-21-9-37-29(26)27(36)28(21)40-31(41-30)48-15-33-3-1-4-44(33)12-18(35)8-33/h7,9-10,16-19,24,45H,1-6,8,11-15H2,(H,38,42)(H,39,46)/t16-,17-,18+,19+,24-,33-/m0/s1. The van der Waals surface area contributed by atoms with Gasteiger partial charge in [0.25, 0.3) is 0 Å². The average molecular weight is 681 g/mol. The normalized spacial score (nSPS) is 30.0. The monoisotopic (exact) mass is 680 g/mol. The van der Waals surface area contributed by atoms with Gasteiger partial charge in [-0.15, -0.1) is 0 Å². The fourth-order valence-corrected chi connectivity index (χ4v) is 8.99. The number of ether oxygens (including phenoxy) is 2. The van der Waals surface area contributed by atoms with Crippen molar-refractivity contribution < 1.29 is 28.2 Å². The number of H-pyrrole nitrogens is 1. The number of rotatable bonds is 4. The number of carbonyl (C=O) groups excluding carboxylic acids is 1. The third-order valence-corrected chi connectivity index (χ3v) is 11.5. The molecule has 4 aromatic rings. The van der Waals surface area contributed by atoms with E-state index in [2.05, 4.69) is 25.4 Å². The van der Waals surface area contributed by atoms with Gasteiger partial charge in [0.2, 0.25) is 0 Å². The summed E-state index contributed by atoms with van der Waals surface area (Å²) in [5.41, 5.74) is 1.63. The summed E-state index contributed by atoms with van der Waals surface area (Å²) < 4.78 is 43.5. The van der Waals surface area contributed by atoms with Gasteiger partial charge in [-0.05, 0) is 55.7 Å². The molecule has 48 heavy (non-hydrogen) atoms. The van der Waals surface area contributed by atoms with Crippen LogP contribution in [0.25, 0.3) is 33.1 Å². The quantitative estimate of drug-likeness (QED) is 0.285. The van der Waals surface area contributed by atoms with Crippen molar-refractivity contribution in [1.82, 2.24) is 35.4 Å². The van der Waals surface area contributed by atoms with Crippen molar-refractivity contribution in [3.63, 3.8) is 0 Å². The molecule has 252 valence electrons. The minimum Gasteiger partial charge on any atom is -0.461 e. The molecule has 0 unspecified atom stereocenters. The number of hydrogen-bond acceptors (Lipinski definition) is 10. The Bertz CT molecular complexity index is 1950. The first-order chi connectivity index (χ1) is 23.3. The number of carbonyl (C=O) groups is 1. The van der Waals surface area contributed by atoms with Crippen LogP contribution in [0.2, 0.25) is 5.02 Å². The predicted octanol–water partition coefficient (Wildman–Crippen LogP) is 4.35. The van der Waals surface area contributed by atoms with Crippen LogP contribution >= 0.6 is 11.6 Å². The van der Waals surface area contributed by atoms with Gasteiger partial charge < -0.3 is 24.8 Å². The zero-order valence-corrected chi connectivity index (χ0v) is 26.8. The molecule has 8 heterocycles. The van der Waals surface area contributed by atoms with E-state index >= 15 is 4.39 Å². The van der Waals surface area contributed by atoms with Crippen LogP contribution in [0, 0.1) is 17.7 Å². The number of alkyl carbamates (subject to hydrolysis) is 1. The van der Waals surface area contributed by atoms with Gasteiger partial charge in [0.1, 0.15) is 29.8 Å². The molecule has 1 aromatic carbocycles. The van der Waals surface area contributed by atoms with Crippen molar-refractivity contribution in [2.24, 2.45) is 11.8 Å². The number of aliphatic hydroxyl groups excluding tert-OH is 1. The van der Waals surface area contributed by atoms with Gasteiger partial charge in [0.05, 0.1) is 35.3 Å². The van der Waals surface area contributed by atoms with E-state index in [0.29, 0.717) is 58.6 Å². The van der Waals surface area contributed by atoms with Crippen LogP contribution < -0.4 is 15.0 Å². The number of hydrogen-bond donors (Lipinski definition) is 3. The number of aromatic amines is 1. The summed E-state index contributed by atoms with van der Waals surface area (Å²) in [5, 5.41) is 21.9. The van der Waals surface area contributed by atoms with Gasteiger partial charge in [-0.1, -0.05) is 11.6 Å². The van der Waals surface area contributed by atoms with Gasteiger partial charge in [0.15, 0.2) is 5.82 Å². The summed E-state index contributed by atoms with van der Waals surface area (Å²) in [7, 11) is 0. The summed E-state index contributed by atoms with van der Waals surface area (Å²) in [6.07, 6.45) is 5.24. The number of aromatic nitrogens is 5. The molecule has 4 fully saturated rings. The van der Waals surface area contributed by atoms with Crippen LogP contribution in [-0.4, -0.2) is 105 Å². The van der Waals surface area contributed by atoms with E-state index in [9.17, 15) is 14.3 Å². The van der Waals surface area contributed by atoms with Crippen LogP contribution in [0.4, 0.5) is 19.4 Å². The Balaban J connectivity index is 1.21. The Morgan fingerprint density at radius 3 is 2.98 bits per heavy atom. The average Bonchev–Trinajstić information content (AvgIpc) is 3.41. The number of pyridine rings is 1. The minimum atomic E-state index is -0.932. The molecule has 15 heteroatoms. The van der Waals surface area contributed by atoms with Gasteiger partial charge in [-0.2, -0.15) is 15.1 Å². The highest BCUT2D eigenvalue weighted by Crippen LogP contribution is 2.56. The highest BCUT2D eigenvalue weighted by atomic mass is 35.5. The SMILES string of the molecule is O=C1N[C@H]2CN(C[C@H]2CO)c2nc(OC[C@@]34CCCN3C[C@H](F)C4)nc3c(F)c(ncc23)-c2c(c(Cl)cc3[nH]ncc23)[C@@H]2C[C@@H]2CCO1. The molecule has 1 aliphatic carbocycles. The highest BCUT2D eigenvalue weighted by Gasteiger charge is 2.49. The molecule has 3 saturated heterocycles. The number of fused-ring (bicyclic) bond motifs is 7. The zero-order valence-electron chi connectivity index (χ0n) is 26.1. The van der Waals surface area contributed by atoms with E-state index in [4.69, 9.17) is 31.0 Å². The van der Waals surface area contributed by atoms with Crippen molar-refractivity contribution in [3.8, 4) is 17.3 Å². The third kappa shape index (κ3) is 4.85. The largest absolute Gasteiger partial charge is 0.461 e. The summed E-state index contributed by atoms with van der Waals surface area (Å²) in [5.74, 6) is -0.431. The Hall–Kier alpha value is -3.88. The fraction of sp³-hybridized carbons (Fsp3) is 0.545. The number of alkyl halides is 1. The molecule has 6 aliphatic rings. The van der Waals surface area contributed by atoms with Crippen LogP contribution in [-0.2, 0) is 4.74 Å². The second-order valence-electron chi connectivity index (χ2n) is 14.0. The van der Waals surface area contributed by atoms with Gasteiger partial charge in [0, 0.05) is 60.7 Å². The lowest BCUT2D eigenvalue weighted by molar-refractivity contribution is 0.107. The lowest BCUT2D eigenvalue weighted by Gasteiger charge is -2.31. The van der Waals surface area contributed by atoms with Crippen LogP contribution in [0.5, 0.6) is 6.01 Å². The number of amides is 1. The molecular weight excluding hydrogens is 646 g/mol. The van der Waals surface area contributed by atoms with Crippen molar-refractivity contribution in [1.29, 1.82) is 0 Å². The van der Waals surface area contributed by atoms with E-state index in [-0.39, 0.29) is 61.3 Å². The summed E-state index contributed by atoms with van der Waals surface area (Å²) in [6, 6.07) is 1.32. The van der Waals surface area contributed by atoms with E-state index in [1.54, 1.807) is 18.5 Å². The maximum Gasteiger partial charge on any atom is 0.407 e. The third-order valence-electron chi connectivity index (χ3n) is 11.1. The lowest BCUT2D eigenvalue weighted by atomic mass is 9.94. The molecule has 6 bridgehead atoms. The minimum absolute atomic E-state index is 0.00569. The van der Waals surface area contributed by atoms with E-state index in [1.165, 1.54) is 0 Å². The molecule has 1 amide bonds. The molecule has 12 nitrogen and oxygen atoms in total. The Morgan fingerprint density at radius 2 is 2.10 bits per heavy atom. The van der Waals surface area contributed by atoms with E-state index in [0.717, 1.165) is 31.4 Å². The van der Waals surface area contributed by atoms with Crippen molar-refractivity contribution in [2.45, 2.75) is 55.8 Å². The highest BCUT2D eigenvalue weighted by molar-refractivity contribution is 6.33. The molecule has 0 radical (unpaired) electrons. The second kappa shape index (κ2) is 11.3. The Kier molecular flexibility index (Phi) is 7.14. The molecule has 10 rings (SSSR count). The summed E-state index contributed by atoms with van der Waals surface area (Å²) in [6.45, 7) is 1.99. The van der Waals surface area contributed by atoms with Gasteiger partial charge in [-0.3, -0.25) is 15.0 Å². The maximum atomic E-state index is 17.2. The molecule has 0 spiro atoms. The van der Waals surface area contributed by atoms with Crippen molar-refractivity contribution >= 4 is 45.3 Å². The first kappa shape index (κ1) is 30.2. The molecule has 1 saturated carbocycles. The fourth-order valence-electron chi connectivity index (χ4n) is 8.65. The lowest BCUT2D eigenvalue weighted by Crippen LogP contribution is -2.43. The molecule has 5 aliphatic heterocycles. The van der Waals surface area contributed by atoms with Crippen LogP contribution in [0.1, 0.15) is 43.6 Å².